The number of fused-ring (bicyclic) bond motifs is 5. The van der Waals surface area contributed by atoms with Gasteiger partial charge in [-0.1, -0.05) is 117 Å². The molecule has 3 aliphatic rings. The van der Waals surface area contributed by atoms with E-state index in [2.05, 4.69) is 43.8 Å². The second-order valence-electron chi connectivity index (χ2n) is 18.8. The molecule has 7 rings (SSSR count). The quantitative estimate of drug-likeness (QED) is 0.0232. The number of rotatable bonds is 28. The number of H-pyrrole nitrogens is 1. The summed E-state index contributed by atoms with van der Waals surface area (Å²) in [4.78, 5) is 61.2. The molecule has 0 amide bonds. The Morgan fingerprint density at radius 3 is 1.87 bits per heavy atom. The molecule has 28 heteroatoms. The van der Waals surface area contributed by atoms with E-state index in [1.165, 1.54) is 49.4 Å². The largest absolute Gasteiger partial charge is 0.478 e. The lowest BCUT2D eigenvalue weighted by Gasteiger charge is -2.28. The summed E-state index contributed by atoms with van der Waals surface area (Å²) in [7, 11) is -9.82. The third-order valence-electron chi connectivity index (χ3n) is 13.2. The highest BCUT2D eigenvalue weighted by atomic mass is 31.2. The van der Waals surface area contributed by atoms with Crippen LogP contribution in [0.1, 0.15) is 155 Å². The maximum Gasteiger partial charge on any atom is 0.478 e. The Morgan fingerprint density at radius 1 is 0.680 bits per heavy atom. The van der Waals surface area contributed by atoms with E-state index in [4.69, 9.17) is 52.0 Å². The zero-order valence-electron chi connectivity index (χ0n) is 42.6. The number of aromatic nitrogens is 8. The van der Waals surface area contributed by atoms with Gasteiger partial charge in [0.05, 0.1) is 32.2 Å². The molecule has 3 N–H and O–H groups in total. The van der Waals surface area contributed by atoms with Gasteiger partial charge in [-0.05, 0) is 12.8 Å². The standard InChI is InChI=1S/C47H71F2N9O15P2/c1-3-5-7-9-11-13-15-17-19-21-34(59)64-29-69-74(62)31-66-40-33(72-46(37(40)49)57-27-55-38-42(50)51-25-52-43(38)57)24-68-75(63,70-30-65-35(60)22-20-18-16-14-12-10-8-6-4-2)73-41-36(48)32(23-67-74)71-47(41)58-28-56-39-44(58)53-26-54-45(39)61/h25-28,32-33,36-37,40-41,46-47H,3-24,29-31H2,1-2H3,(H2,50,51,52)(H,53,54,61)/t32-,33-,36-,37-,40-,41-,46-,47-,74?,75?/m1/s1. The number of unbranched alkanes of at least 4 members (excludes halogenated alkanes) is 16. The first-order chi connectivity index (χ1) is 36.3. The van der Waals surface area contributed by atoms with Crippen molar-refractivity contribution in [3.8, 4) is 0 Å². The molecule has 0 aliphatic carbocycles. The first kappa shape index (κ1) is 58.3. The molecule has 3 saturated heterocycles. The van der Waals surface area contributed by atoms with E-state index in [1.807, 2.05) is 0 Å². The van der Waals surface area contributed by atoms with Gasteiger partial charge < -0.3 is 38.9 Å². The molecule has 3 fully saturated rings. The molecule has 0 saturated carbocycles. The minimum absolute atomic E-state index is 0.00686. The molecule has 0 aromatic carbocycles. The Kier molecular flexibility index (Phi) is 22.4. The maximum atomic E-state index is 17.0. The van der Waals surface area contributed by atoms with E-state index in [1.54, 1.807) is 0 Å². The monoisotopic (exact) mass is 1100 g/mol. The third kappa shape index (κ3) is 16.1. The molecule has 3 aliphatic heterocycles. The number of anilines is 1. The van der Waals surface area contributed by atoms with Gasteiger partial charge in [-0.3, -0.25) is 41.7 Å². The summed E-state index contributed by atoms with van der Waals surface area (Å²) >= 11 is 0. The van der Waals surface area contributed by atoms with E-state index in [-0.39, 0.29) is 41.0 Å². The Bertz CT molecular complexity index is 2590. The smallest absolute Gasteiger partial charge is 0.438 e. The van der Waals surface area contributed by atoms with Crippen LogP contribution in [0.25, 0.3) is 22.3 Å². The zero-order valence-corrected chi connectivity index (χ0v) is 44.4. The summed E-state index contributed by atoms with van der Waals surface area (Å²) in [6.07, 6.45) is 7.37. The first-order valence-electron chi connectivity index (χ1n) is 26.1. The van der Waals surface area contributed by atoms with Gasteiger partial charge in [-0.25, -0.2) is 42.8 Å². The normalized spacial score (nSPS) is 27.4. The number of nitrogens with one attached hydrogen (secondary N) is 1. The van der Waals surface area contributed by atoms with Crippen molar-refractivity contribution in [1.29, 1.82) is 0 Å². The van der Waals surface area contributed by atoms with E-state index >= 15 is 8.78 Å². The van der Waals surface area contributed by atoms with E-state index in [9.17, 15) is 23.5 Å². The number of ether oxygens (including phenoxy) is 5. The van der Waals surface area contributed by atoms with Crippen LogP contribution in [0.2, 0.25) is 0 Å². The van der Waals surface area contributed by atoms with Crippen molar-refractivity contribution in [2.45, 2.75) is 191 Å². The number of phosphoric ester groups is 1. The van der Waals surface area contributed by atoms with Crippen LogP contribution in [0.4, 0.5) is 14.6 Å². The van der Waals surface area contributed by atoms with Crippen molar-refractivity contribution >= 4 is 55.5 Å². The zero-order chi connectivity index (χ0) is 53.2. The number of imidazole rings is 2. The number of aromatic amines is 1. The van der Waals surface area contributed by atoms with Gasteiger partial charge in [-0.15, -0.1) is 0 Å². The Morgan fingerprint density at radius 2 is 1.23 bits per heavy atom. The van der Waals surface area contributed by atoms with Gasteiger partial charge in [0.1, 0.15) is 42.6 Å². The number of carbonyl (C=O) groups is 2. The van der Waals surface area contributed by atoms with Gasteiger partial charge in [0.2, 0.25) is 13.6 Å². The highest BCUT2D eigenvalue weighted by Gasteiger charge is 2.54. The molecular weight excluding hydrogens is 1030 g/mol. The second kappa shape index (κ2) is 28.9. The van der Waals surface area contributed by atoms with Crippen LogP contribution >= 0.6 is 15.4 Å². The summed E-state index contributed by atoms with van der Waals surface area (Å²) in [6, 6.07) is 0. The number of hydrogen-bond donors (Lipinski definition) is 2. The van der Waals surface area contributed by atoms with Crippen LogP contribution in [0.3, 0.4) is 0 Å². The number of phosphoric acid groups is 1. The molecule has 7 heterocycles. The highest BCUT2D eigenvalue weighted by molar-refractivity contribution is 7.53. The highest BCUT2D eigenvalue weighted by Crippen LogP contribution is 2.56. The molecule has 75 heavy (non-hydrogen) atoms. The van der Waals surface area contributed by atoms with Gasteiger partial charge in [-0.2, -0.15) is 0 Å². The predicted molar refractivity (Wildman–Crippen MR) is 265 cm³/mol. The molecule has 2 unspecified atom stereocenters. The van der Waals surface area contributed by atoms with Crippen molar-refractivity contribution < 1.29 is 73.8 Å². The number of hydrogen-bond acceptors (Lipinski definition) is 21. The fraction of sp³-hybridized carbons (Fsp3) is 0.745. The predicted octanol–water partition coefficient (Wildman–Crippen LogP) is 8.97. The van der Waals surface area contributed by atoms with Crippen LogP contribution < -0.4 is 11.3 Å². The molecule has 4 aromatic rings. The molecule has 0 radical (unpaired) electrons. The Hall–Kier alpha value is -4.36. The minimum Gasteiger partial charge on any atom is -0.438 e. The summed E-state index contributed by atoms with van der Waals surface area (Å²) in [5, 5.41) is 0. The second-order valence-corrected chi connectivity index (χ2v) is 22.4. The lowest BCUT2D eigenvalue weighted by molar-refractivity contribution is -0.153. The molecule has 0 spiro atoms. The lowest BCUT2D eigenvalue weighted by Crippen LogP contribution is -2.36. The van der Waals surface area contributed by atoms with Crippen molar-refractivity contribution in [3.05, 3.63) is 35.7 Å². The molecule has 24 nitrogen and oxygen atoms in total. The van der Waals surface area contributed by atoms with Crippen LogP contribution in [-0.4, -0.2) is 121 Å². The number of nitrogen functional groups attached to an aromatic ring is 1. The summed E-state index contributed by atoms with van der Waals surface area (Å²) in [6.45, 7) is 0.726. The fourth-order valence-electron chi connectivity index (χ4n) is 9.04. The first-order valence-corrected chi connectivity index (χ1v) is 29.3. The van der Waals surface area contributed by atoms with Gasteiger partial charge in [0, 0.05) is 12.8 Å². The topological polar surface area (TPSA) is 294 Å². The maximum absolute atomic E-state index is 17.0. The summed E-state index contributed by atoms with van der Waals surface area (Å²) in [5.41, 5.74) is 5.29. The number of alkyl halides is 2. The van der Waals surface area contributed by atoms with Crippen molar-refractivity contribution in [3.63, 3.8) is 0 Å². The molecule has 4 aromatic heterocycles. The third-order valence-corrected chi connectivity index (χ3v) is 16.1. The SMILES string of the molecule is CCCCCCCCCCCC(=O)OCOP1(=O)CO[C@H]2[C@@H](F)[C@H](n3cnc4c(N)ncnc43)O[C@@H]2COP(=O)(OCOC(=O)CCCCCCCCCCC)O[C@@H]2[C@H](F)[C@@H](CO1)O[C@H]2n1cnc2c(=O)[nH]cnc21. The average Bonchev–Trinajstić information content (AvgIpc) is 4.18. The number of esters is 2. The van der Waals surface area contributed by atoms with Crippen LogP contribution in [0.5, 0.6) is 0 Å². The van der Waals surface area contributed by atoms with Crippen LogP contribution in [0, 0.1) is 0 Å². The van der Waals surface area contributed by atoms with E-state index in [0.717, 1.165) is 87.8 Å². The summed E-state index contributed by atoms with van der Waals surface area (Å²) in [5.74, 6) is -1.32. The minimum atomic E-state index is -5.16. The van der Waals surface area contributed by atoms with Gasteiger partial charge >= 0.3 is 27.4 Å². The lowest BCUT2D eigenvalue weighted by atomic mass is 10.1. The fourth-order valence-corrected chi connectivity index (χ4v) is 11.4. The van der Waals surface area contributed by atoms with E-state index in [0.29, 0.717) is 12.8 Å². The average molecular weight is 1100 g/mol. The summed E-state index contributed by atoms with van der Waals surface area (Å²) < 4.78 is 123. The molecule has 2 bridgehead atoms. The van der Waals surface area contributed by atoms with Gasteiger partial charge in [0.15, 0.2) is 47.4 Å². The van der Waals surface area contributed by atoms with Crippen molar-refractivity contribution in [1.82, 2.24) is 39.0 Å². The van der Waals surface area contributed by atoms with Crippen molar-refractivity contribution in [2.75, 3.05) is 38.9 Å². The van der Waals surface area contributed by atoms with Crippen molar-refractivity contribution in [2.24, 2.45) is 0 Å². The number of nitrogens with two attached hydrogens (primary N) is 1. The molecule has 418 valence electrons. The van der Waals surface area contributed by atoms with Crippen LogP contribution in [0.15, 0.2) is 30.1 Å². The van der Waals surface area contributed by atoms with E-state index < -0.39 is 115 Å². The molecular formula is C47H71F2N9O15P2. The number of carbonyl (C=O) groups excluding carboxylic acids is 2. The number of nitrogens with zero attached hydrogens (tertiary/aromatic N) is 7. The number of halogens is 2. The molecule has 10 atom stereocenters. The van der Waals surface area contributed by atoms with Gasteiger partial charge in [0.25, 0.3) is 5.56 Å². The Labute approximate surface area is 433 Å². The Balaban J connectivity index is 1.09. The van der Waals surface area contributed by atoms with Crippen LogP contribution in [-0.2, 0) is 65.0 Å².